The zero-order chi connectivity index (χ0) is 17.0. The second kappa shape index (κ2) is 6.87. The number of carbonyl (C=O) groups excluding carboxylic acids is 2. The summed E-state index contributed by atoms with van der Waals surface area (Å²) >= 11 is 0. The van der Waals surface area contributed by atoms with Crippen molar-refractivity contribution in [2.75, 3.05) is 13.1 Å². The molecule has 1 aliphatic rings. The van der Waals surface area contributed by atoms with Crippen LogP contribution in [0.15, 0.2) is 60.7 Å². The van der Waals surface area contributed by atoms with Crippen molar-refractivity contribution < 1.29 is 9.59 Å². The van der Waals surface area contributed by atoms with Crippen LogP contribution in [0.3, 0.4) is 0 Å². The number of hydrogen-bond acceptors (Lipinski definition) is 2. The van der Waals surface area contributed by atoms with Gasteiger partial charge in [0.05, 0.1) is 0 Å². The molecule has 3 rings (SSSR count). The molecule has 0 unspecified atom stereocenters. The minimum Gasteiger partial charge on any atom is -0.324 e. The predicted octanol–water partition coefficient (Wildman–Crippen LogP) is 3.32. The maximum Gasteiger partial charge on any atom is 0.318 e. The normalized spacial score (nSPS) is 17.3. The number of urea groups is 1. The Hall–Kier alpha value is -2.62. The molecule has 2 aromatic rings. The molecule has 124 valence electrons. The number of nitrogens with zero attached hydrogens (tertiary/aromatic N) is 1. The first-order valence-corrected chi connectivity index (χ1v) is 8.40. The molecule has 0 aromatic heterocycles. The first-order chi connectivity index (χ1) is 11.7. The van der Waals surface area contributed by atoms with Crippen LogP contribution in [0.25, 0.3) is 0 Å². The van der Waals surface area contributed by atoms with E-state index in [0.29, 0.717) is 19.5 Å². The number of amides is 2. The van der Waals surface area contributed by atoms with Gasteiger partial charge in [0, 0.05) is 19.5 Å². The third kappa shape index (κ3) is 2.80. The van der Waals surface area contributed by atoms with Gasteiger partial charge in [0.1, 0.15) is 0 Å². The highest BCUT2D eigenvalue weighted by atomic mass is 16.2. The van der Waals surface area contributed by atoms with Gasteiger partial charge < -0.3 is 10.2 Å². The summed E-state index contributed by atoms with van der Waals surface area (Å²) in [7, 11) is 0. The summed E-state index contributed by atoms with van der Waals surface area (Å²) in [6, 6.07) is 18.8. The molecule has 0 atom stereocenters. The number of rotatable bonds is 4. The molecule has 1 N–H and O–H groups in total. The van der Waals surface area contributed by atoms with Crippen LogP contribution in [0.4, 0.5) is 4.79 Å². The highest BCUT2D eigenvalue weighted by Gasteiger charge is 2.45. The zero-order valence-corrected chi connectivity index (χ0v) is 13.9. The van der Waals surface area contributed by atoms with Crippen LogP contribution in [-0.4, -0.2) is 29.8 Å². The molecule has 1 fully saturated rings. The van der Waals surface area contributed by atoms with Crippen LogP contribution in [0.2, 0.25) is 0 Å². The van der Waals surface area contributed by atoms with Crippen LogP contribution in [0, 0.1) is 0 Å². The molecule has 1 heterocycles. The molecule has 0 radical (unpaired) electrons. The van der Waals surface area contributed by atoms with E-state index in [1.807, 2.05) is 67.6 Å². The fourth-order valence-electron chi connectivity index (χ4n) is 3.33. The largest absolute Gasteiger partial charge is 0.324 e. The summed E-state index contributed by atoms with van der Waals surface area (Å²) in [4.78, 5) is 27.7. The summed E-state index contributed by atoms with van der Waals surface area (Å²) in [6.45, 7) is 3.14. The van der Waals surface area contributed by atoms with E-state index in [4.69, 9.17) is 0 Å². The van der Waals surface area contributed by atoms with E-state index in [-0.39, 0.29) is 11.8 Å². The van der Waals surface area contributed by atoms with Crippen molar-refractivity contribution >= 4 is 11.8 Å². The summed E-state index contributed by atoms with van der Waals surface area (Å²) in [5.41, 5.74) is 0.475. The summed E-state index contributed by atoms with van der Waals surface area (Å²) in [5, 5.41) is 3.05. The minimum atomic E-state index is -1.12. The lowest BCUT2D eigenvalue weighted by Gasteiger charge is -2.33. The summed E-state index contributed by atoms with van der Waals surface area (Å²) in [5.74, 6) is 0.0202. The quantitative estimate of drug-likeness (QED) is 0.939. The number of benzene rings is 2. The van der Waals surface area contributed by atoms with Crippen molar-refractivity contribution in [1.29, 1.82) is 0 Å². The van der Waals surface area contributed by atoms with E-state index >= 15 is 0 Å². The minimum absolute atomic E-state index is 0.0202. The van der Waals surface area contributed by atoms with Gasteiger partial charge in [-0.05, 0) is 17.5 Å². The van der Waals surface area contributed by atoms with Gasteiger partial charge in [0.2, 0.25) is 0 Å². The van der Waals surface area contributed by atoms with Crippen molar-refractivity contribution in [3.05, 3.63) is 71.8 Å². The molecular weight excluding hydrogens is 300 g/mol. The van der Waals surface area contributed by atoms with Gasteiger partial charge in [-0.1, -0.05) is 67.6 Å². The monoisotopic (exact) mass is 322 g/mol. The van der Waals surface area contributed by atoms with Gasteiger partial charge >= 0.3 is 6.03 Å². The number of hydrogen-bond donors (Lipinski definition) is 1. The van der Waals surface area contributed by atoms with Crippen molar-refractivity contribution in [3.63, 3.8) is 0 Å². The van der Waals surface area contributed by atoms with Crippen LogP contribution >= 0.6 is 0 Å². The van der Waals surface area contributed by atoms with Gasteiger partial charge in [-0.2, -0.15) is 0 Å². The highest BCUT2D eigenvalue weighted by Crippen LogP contribution is 2.33. The Morgan fingerprint density at radius 3 is 2.00 bits per heavy atom. The molecule has 4 nitrogen and oxygen atoms in total. The first kappa shape index (κ1) is 16.2. The SMILES string of the molecule is CCCN1CCC(=O)C(c2ccccc2)(c2ccccc2)NC1=O. The Labute approximate surface area is 142 Å². The van der Waals surface area contributed by atoms with Gasteiger partial charge in [0.25, 0.3) is 0 Å². The average molecular weight is 322 g/mol. The molecule has 0 bridgehead atoms. The van der Waals surface area contributed by atoms with Crippen molar-refractivity contribution in [3.8, 4) is 0 Å². The van der Waals surface area contributed by atoms with Gasteiger partial charge in [0.15, 0.2) is 11.3 Å². The maximum atomic E-state index is 13.2. The number of carbonyl (C=O) groups is 2. The topological polar surface area (TPSA) is 49.4 Å². The lowest BCUT2D eigenvalue weighted by Crippen LogP contribution is -2.53. The van der Waals surface area contributed by atoms with E-state index in [2.05, 4.69) is 5.32 Å². The number of Topliss-reactive ketones (excluding diaryl/α,β-unsaturated/α-hetero) is 1. The van der Waals surface area contributed by atoms with Crippen molar-refractivity contribution in [1.82, 2.24) is 10.2 Å². The average Bonchev–Trinajstić information content (AvgIpc) is 2.75. The first-order valence-electron chi connectivity index (χ1n) is 8.40. The summed E-state index contributed by atoms with van der Waals surface area (Å²) in [6.07, 6.45) is 1.20. The molecule has 0 spiro atoms. The lowest BCUT2D eigenvalue weighted by molar-refractivity contribution is -0.123. The fraction of sp³-hybridized carbons (Fsp3) is 0.300. The molecule has 0 saturated carbocycles. The molecule has 0 aliphatic carbocycles. The van der Waals surface area contributed by atoms with Crippen molar-refractivity contribution in [2.24, 2.45) is 0 Å². The van der Waals surface area contributed by atoms with E-state index in [1.54, 1.807) is 4.90 Å². The predicted molar refractivity (Wildman–Crippen MR) is 93.7 cm³/mol. The van der Waals surface area contributed by atoms with Gasteiger partial charge in [-0.15, -0.1) is 0 Å². The molecule has 2 aromatic carbocycles. The molecule has 2 amide bonds. The van der Waals surface area contributed by atoms with E-state index in [1.165, 1.54) is 0 Å². The molecule has 24 heavy (non-hydrogen) atoms. The maximum absolute atomic E-state index is 13.2. The van der Waals surface area contributed by atoms with Gasteiger partial charge in [-0.3, -0.25) is 4.79 Å². The van der Waals surface area contributed by atoms with Crippen molar-refractivity contribution in [2.45, 2.75) is 25.3 Å². The Kier molecular flexibility index (Phi) is 4.65. The third-order valence-electron chi connectivity index (χ3n) is 4.52. The second-order valence-corrected chi connectivity index (χ2v) is 6.07. The summed E-state index contributed by atoms with van der Waals surface area (Å²) < 4.78 is 0. The smallest absolute Gasteiger partial charge is 0.318 e. The Morgan fingerprint density at radius 2 is 1.50 bits per heavy atom. The second-order valence-electron chi connectivity index (χ2n) is 6.07. The van der Waals surface area contributed by atoms with Crippen LogP contribution in [-0.2, 0) is 10.3 Å². The molecule has 4 heteroatoms. The van der Waals surface area contributed by atoms with Crippen LogP contribution < -0.4 is 5.32 Å². The number of ketones is 1. The molecule has 1 aliphatic heterocycles. The van der Waals surface area contributed by atoms with Crippen LogP contribution in [0.1, 0.15) is 30.9 Å². The van der Waals surface area contributed by atoms with E-state index in [0.717, 1.165) is 17.5 Å². The fourth-order valence-corrected chi connectivity index (χ4v) is 3.33. The standard InChI is InChI=1S/C20H22N2O2/c1-2-14-22-15-13-18(23)20(21-19(22)24,16-9-5-3-6-10-16)17-11-7-4-8-12-17/h3-12H,2,13-15H2,1H3,(H,21,24). The van der Waals surface area contributed by atoms with E-state index in [9.17, 15) is 9.59 Å². The third-order valence-corrected chi connectivity index (χ3v) is 4.52. The number of nitrogens with one attached hydrogen (secondary N) is 1. The highest BCUT2D eigenvalue weighted by molar-refractivity contribution is 5.98. The van der Waals surface area contributed by atoms with Gasteiger partial charge in [-0.25, -0.2) is 4.79 Å². The molecule has 1 saturated heterocycles. The Bertz CT molecular complexity index is 673. The van der Waals surface area contributed by atoms with E-state index < -0.39 is 5.54 Å². The zero-order valence-electron chi connectivity index (χ0n) is 13.9. The Balaban J connectivity index is 2.14. The Morgan fingerprint density at radius 1 is 0.958 bits per heavy atom. The van der Waals surface area contributed by atoms with Crippen LogP contribution in [0.5, 0.6) is 0 Å². The molecular formula is C20H22N2O2. The lowest BCUT2D eigenvalue weighted by atomic mass is 9.78.